The summed E-state index contributed by atoms with van der Waals surface area (Å²) in [6.07, 6.45) is 2.19. The van der Waals surface area contributed by atoms with E-state index < -0.39 is 39.2 Å². The highest BCUT2D eigenvalue weighted by Crippen LogP contribution is 2.20. The van der Waals surface area contributed by atoms with Crippen LogP contribution in [0.4, 0.5) is 8.78 Å². The summed E-state index contributed by atoms with van der Waals surface area (Å²) in [6, 6.07) is 11.2. The molecule has 0 spiro atoms. The Morgan fingerprint density at radius 2 is 1.73 bits per heavy atom. The summed E-state index contributed by atoms with van der Waals surface area (Å²) in [5, 5.41) is 14.2. The highest BCUT2D eigenvalue weighted by atomic mass is 32.2. The number of halogens is 2. The molecule has 0 bridgehead atoms. The van der Waals surface area contributed by atoms with E-state index in [9.17, 15) is 22.3 Å². The first-order valence-electron chi connectivity index (χ1n) is 7.60. The van der Waals surface area contributed by atoms with Crippen molar-refractivity contribution in [2.45, 2.75) is 11.0 Å². The number of aliphatic hydroxyl groups is 1. The molecule has 1 aromatic heterocycles. The quantitative estimate of drug-likeness (QED) is 0.688. The smallest absolute Gasteiger partial charge is 0.246 e. The second kappa shape index (κ2) is 7.32. The first-order chi connectivity index (χ1) is 12.4. The number of nitrogens with zero attached hydrogens (tertiary/aromatic N) is 2. The van der Waals surface area contributed by atoms with Gasteiger partial charge in [0.15, 0.2) is 4.90 Å². The van der Waals surface area contributed by atoms with Crippen LogP contribution < -0.4 is 4.72 Å². The summed E-state index contributed by atoms with van der Waals surface area (Å²) in [5.74, 6) is -2.40. The average molecular weight is 379 g/mol. The minimum Gasteiger partial charge on any atom is -0.387 e. The van der Waals surface area contributed by atoms with Crippen molar-refractivity contribution in [3.8, 4) is 5.69 Å². The van der Waals surface area contributed by atoms with Crippen LogP contribution in [0.3, 0.4) is 0 Å². The summed E-state index contributed by atoms with van der Waals surface area (Å²) in [5.41, 5.74) is 1.21. The van der Waals surface area contributed by atoms with Crippen molar-refractivity contribution in [3.05, 3.63) is 78.1 Å². The lowest BCUT2D eigenvalue weighted by Crippen LogP contribution is -2.30. The normalized spacial score (nSPS) is 12.9. The zero-order valence-electron chi connectivity index (χ0n) is 13.4. The number of nitrogens with one attached hydrogen (secondary N) is 1. The molecular weight excluding hydrogens is 364 g/mol. The average Bonchev–Trinajstić information content (AvgIpc) is 3.14. The number of aromatic nitrogens is 2. The van der Waals surface area contributed by atoms with Gasteiger partial charge >= 0.3 is 0 Å². The second-order valence-corrected chi connectivity index (χ2v) is 7.16. The van der Waals surface area contributed by atoms with Crippen LogP contribution in [0, 0.1) is 11.6 Å². The van der Waals surface area contributed by atoms with Gasteiger partial charge in [-0.2, -0.15) is 5.10 Å². The number of hydrogen-bond acceptors (Lipinski definition) is 4. The topological polar surface area (TPSA) is 84.2 Å². The van der Waals surface area contributed by atoms with Crippen LogP contribution in [-0.2, 0) is 10.0 Å². The molecule has 0 aliphatic rings. The molecule has 136 valence electrons. The maximum atomic E-state index is 13.6. The van der Waals surface area contributed by atoms with Gasteiger partial charge in [-0.1, -0.05) is 18.2 Å². The molecule has 1 unspecified atom stereocenters. The summed E-state index contributed by atoms with van der Waals surface area (Å²) < 4.78 is 55.1. The standard InChI is InChI=1S/C17H15F2N3O3S/c18-14-3-1-4-15(19)17(14)26(24,25)21-11-16(23)12-5-7-13(8-6-12)22-10-2-9-20-22/h1-10,16,21,23H,11H2. The van der Waals surface area contributed by atoms with E-state index in [-0.39, 0.29) is 0 Å². The highest BCUT2D eigenvalue weighted by molar-refractivity contribution is 7.89. The molecule has 2 N–H and O–H groups in total. The van der Waals surface area contributed by atoms with Crippen LogP contribution in [0.2, 0.25) is 0 Å². The van der Waals surface area contributed by atoms with Crippen molar-refractivity contribution in [2.24, 2.45) is 0 Å². The van der Waals surface area contributed by atoms with E-state index in [2.05, 4.69) is 5.10 Å². The predicted octanol–water partition coefficient (Wildman–Crippen LogP) is 2.16. The van der Waals surface area contributed by atoms with E-state index in [1.54, 1.807) is 47.4 Å². The molecule has 1 heterocycles. The van der Waals surface area contributed by atoms with E-state index in [0.717, 1.165) is 23.9 Å². The van der Waals surface area contributed by atoms with Gasteiger partial charge in [-0.15, -0.1) is 0 Å². The molecule has 26 heavy (non-hydrogen) atoms. The maximum absolute atomic E-state index is 13.6. The van der Waals surface area contributed by atoms with Gasteiger partial charge in [0.25, 0.3) is 0 Å². The van der Waals surface area contributed by atoms with E-state index in [4.69, 9.17) is 0 Å². The lowest BCUT2D eigenvalue weighted by Gasteiger charge is -2.14. The molecule has 1 atom stereocenters. The molecule has 3 aromatic rings. The summed E-state index contributed by atoms with van der Waals surface area (Å²) in [7, 11) is -4.44. The molecule has 0 aliphatic heterocycles. The Balaban J connectivity index is 1.71. The van der Waals surface area contributed by atoms with Gasteiger partial charge in [0, 0.05) is 18.9 Å². The zero-order valence-corrected chi connectivity index (χ0v) is 14.2. The predicted molar refractivity (Wildman–Crippen MR) is 90.1 cm³/mol. The fourth-order valence-electron chi connectivity index (χ4n) is 2.39. The van der Waals surface area contributed by atoms with Crippen molar-refractivity contribution in [3.63, 3.8) is 0 Å². The molecule has 0 radical (unpaired) electrons. The minimum absolute atomic E-state index is 0.433. The van der Waals surface area contributed by atoms with Gasteiger partial charge in [-0.05, 0) is 35.9 Å². The molecule has 6 nitrogen and oxygen atoms in total. The van der Waals surface area contributed by atoms with Crippen LogP contribution in [0.25, 0.3) is 5.69 Å². The third-order valence-corrected chi connectivity index (χ3v) is 5.18. The van der Waals surface area contributed by atoms with Crippen molar-refractivity contribution in [2.75, 3.05) is 6.54 Å². The number of rotatable bonds is 6. The van der Waals surface area contributed by atoms with Crippen LogP contribution in [0.5, 0.6) is 0 Å². The van der Waals surface area contributed by atoms with Gasteiger partial charge in [-0.3, -0.25) is 0 Å². The first-order valence-corrected chi connectivity index (χ1v) is 9.08. The molecule has 9 heteroatoms. The Kier molecular flexibility index (Phi) is 5.12. The Morgan fingerprint density at radius 1 is 1.08 bits per heavy atom. The maximum Gasteiger partial charge on any atom is 0.246 e. The van der Waals surface area contributed by atoms with Crippen LogP contribution in [-0.4, -0.2) is 29.8 Å². The molecule has 2 aromatic carbocycles. The van der Waals surface area contributed by atoms with Crippen molar-refractivity contribution in [1.29, 1.82) is 0 Å². The molecule has 0 aliphatic carbocycles. The van der Waals surface area contributed by atoms with Crippen molar-refractivity contribution < 1.29 is 22.3 Å². The molecular formula is C17H15F2N3O3S. The third kappa shape index (κ3) is 3.79. The zero-order chi connectivity index (χ0) is 18.7. The van der Waals surface area contributed by atoms with Gasteiger partial charge in [0.05, 0.1) is 11.8 Å². The van der Waals surface area contributed by atoms with Crippen molar-refractivity contribution >= 4 is 10.0 Å². The first kappa shape index (κ1) is 18.2. The van der Waals surface area contributed by atoms with Gasteiger partial charge < -0.3 is 5.11 Å². The van der Waals surface area contributed by atoms with E-state index in [1.165, 1.54) is 0 Å². The Bertz CT molecular complexity index is 970. The van der Waals surface area contributed by atoms with E-state index in [0.29, 0.717) is 5.56 Å². The molecule has 0 amide bonds. The monoisotopic (exact) mass is 379 g/mol. The Hall–Kier alpha value is -2.62. The van der Waals surface area contributed by atoms with Gasteiger partial charge in [0.2, 0.25) is 10.0 Å². The molecule has 0 fully saturated rings. The Morgan fingerprint density at radius 3 is 2.31 bits per heavy atom. The van der Waals surface area contributed by atoms with E-state index >= 15 is 0 Å². The number of aliphatic hydroxyl groups excluding tert-OH is 1. The summed E-state index contributed by atoms with van der Waals surface area (Å²) >= 11 is 0. The van der Waals surface area contributed by atoms with Crippen LogP contribution in [0.1, 0.15) is 11.7 Å². The number of hydrogen-bond donors (Lipinski definition) is 2. The van der Waals surface area contributed by atoms with Crippen LogP contribution >= 0.6 is 0 Å². The summed E-state index contributed by atoms with van der Waals surface area (Å²) in [4.78, 5) is -1.07. The largest absolute Gasteiger partial charge is 0.387 e. The number of sulfonamides is 1. The number of benzene rings is 2. The fourth-order valence-corrected chi connectivity index (χ4v) is 3.56. The molecule has 0 saturated carbocycles. The lowest BCUT2D eigenvalue weighted by molar-refractivity contribution is 0.182. The molecule has 0 saturated heterocycles. The van der Waals surface area contributed by atoms with Gasteiger partial charge in [0.1, 0.15) is 11.6 Å². The molecule has 3 rings (SSSR count). The van der Waals surface area contributed by atoms with Crippen LogP contribution in [0.15, 0.2) is 65.8 Å². The second-order valence-electron chi connectivity index (χ2n) is 5.46. The highest BCUT2D eigenvalue weighted by Gasteiger charge is 2.24. The Labute approximate surface area is 148 Å². The lowest BCUT2D eigenvalue weighted by atomic mass is 10.1. The van der Waals surface area contributed by atoms with Gasteiger partial charge in [-0.25, -0.2) is 26.6 Å². The fraction of sp³-hybridized carbons (Fsp3) is 0.118. The SMILES string of the molecule is O=S(=O)(NCC(O)c1ccc(-n2cccn2)cc1)c1c(F)cccc1F. The minimum atomic E-state index is -4.44. The third-order valence-electron chi connectivity index (χ3n) is 3.70. The summed E-state index contributed by atoms with van der Waals surface area (Å²) in [6.45, 7) is -0.433. The van der Waals surface area contributed by atoms with E-state index in [1.807, 2.05) is 4.72 Å². The van der Waals surface area contributed by atoms with Crippen molar-refractivity contribution in [1.82, 2.24) is 14.5 Å².